The first kappa shape index (κ1) is 16.1. The SMILES string of the molecule is CCN1CCC[C@H]1CNC(=S)N1CCCSc2ccccc21. The van der Waals surface area contributed by atoms with Crippen LogP contribution in [-0.2, 0) is 0 Å². The Morgan fingerprint density at radius 1 is 1.32 bits per heavy atom. The maximum Gasteiger partial charge on any atom is 0.173 e. The Bertz CT molecular complexity index is 520. The summed E-state index contributed by atoms with van der Waals surface area (Å²) in [6.07, 6.45) is 3.78. The molecule has 0 radical (unpaired) electrons. The molecule has 3 nitrogen and oxygen atoms in total. The number of fused-ring (bicyclic) bond motifs is 1. The maximum atomic E-state index is 5.71. The molecule has 0 saturated carbocycles. The van der Waals surface area contributed by atoms with Gasteiger partial charge in [-0.05, 0) is 62.5 Å². The highest BCUT2D eigenvalue weighted by molar-refractivity contribution is 7.99. The molecule has 3 rings (SSSR count). The standard InChI is InChI=1S/C17H25N3S2/c1-2-19-10-5-7-14(19)13-18-17(21)20-11-6-12-22-16-9-4-3-8-15(16)20/h3-4,8-9,14H,2,5-7,10-13H2,1H3,(H,18,21)/t14-/m0/s1. The van der Waals surface area contributed by atoms with Gasteiger partial charge in [0.25, 0.3) is 0 Å². The summed E-state index contributed by atoms with van der Waals surface area (Å²) in [7, 11) is 0. The summed E-state index contributed by atoms with van der Waals surface area (Å²) in [5.41, 5.74) is 1.27. The Kier molecular flexibility index (Phi) is 5.61. The monoisotopic (exact) mass is 335 g/mol. The lowest BCUT2D eigenvalue weighted by Crippen LogP contribution is -2.46. The average Bonchev–Trinajstić information content (AvgIpc) is 2.90. The zero-order valence-electron chi connectivity index (χ0n) is 13.3. The summed E-state index contributed by atoms with van der Waals surface area (Å²) in [5, 5.41) is 4.42. The van der Waals surface area contributed by atoms with Gasteiger partial charge in [-0.3, -0.25) is 4.90 Å². The van der Waals surface area contributed by atoms with Crippen molar-refractivity contribution in [1.29, 1.82) is 0 Å². The van der Waals surface area contributed by atoms with Crippen LogP contribution >= 0.6 is 24.0 Å². The van der Waals surface area contributed by atoms with E-state index in [4.69, 9.17) is 12.2 Å². The van der Waals surface area contributed by atoms with Gasteiger partial charge in [-0.2, -0.15) is 0 Å². The molecule has 120 valence electrons. The van der Waals surface area contributed by atoms with Crippen LogP contribution in [0.5, 0.6) is 0 Å². The van der Waals surface area contributed by atoms with Crippen molar-refractivity contribution >= 4 is 34.8 Å². The number of hydrogen-bond donors (Lipinski definition) is 1. The Balaban J connectivity index is 1.64. The minimum absolute atomic E-state index is 0.638. The second kappa shape index (κ2) is 7.66. The lowest BCUT2D eigenvalue weighted by atomic mass is 10.2. The first-order valence-electron chi connectivity index (χ1n) is 8.31. The minimum atomic E-state index is 0.638. The number of nitrogens with zero attached hydrogens (tertiary/aromatic N) is 2. The summed E-state index contributed by atoms with van der Waals surface area (Å²) < 4.78 is 0. The van der Waals surface area contributed by atoms with Crippen LogP contribution in [0.15, 0.2) is 29.2 Å². The van der Waals surface area contributed by atoms with Gasteiger partial charge in [-0.25, -0.2) is 0 Å². The number of para-hydroxylation sites is 1. The topological polar surface area (TPSA) is 18.5 Å². The van der Waals surface area contributed by atoms with Crippen LogP contribution in [-0.4, -0.2) is 48.0 Å². The van der Waals surface area contributed by atoms with E-state index in [1.165, 1.54) is 42.1 Å². The number of likely N-dealkylation sites (N-methyl/N-ethyl adjacent to an activating group) is 1. The third-order valence-corrected chi connectivity index (χ3v) is 6.09. The largest absolute Gasteiger partial charge is 0.361 e. The molecule has 1 saturated heterocycles. The lowest BCUT2D eigenvalue weighted by Gasteiger charge is -2.28. The Morgan fingerprint density at radius 2 is 2.18 bits per heavy atom. The number of anilines is 1. The van der Waals surface area contributed by atoms with Crippen molar-refractivity contribution in [3.8, 4) is 0 Å². The Hall–Kier alpha value is -0.780. The highest BCUT2D eigenvalue weighted by Gasteiger charge is 2.24. The van der Waals surface area contributed by atoms with E-state index in [9.17, 15) is 0 Å². The molecule has 0 aromatic heterocycles. The smallest absolute Gasteiger partial charge is 0.173 e. The summed E-state index contributed by atoms with van der Waals surface area (Å²) in [5.74, 6) is 1.17. The molecule has 1 aromatic carbocycles. The van der Waals surface area contributed by atoms with Gasteiger partial charge in [0.2, 0.25) is 0 Å². The normalized spacial score (nSPS) is 22.2. The molecule has 1 fully saturated rings. The van der Waals surface area contributed by atoms with E-state index in [-0.39, 0.29) is 0 Å². The first-order valence-corrected chi connectivity index (χ1v) is 9.70. The third kappa shape index (κ3) is 3.58. The van der Waals surface area contributed by atoms with Gasteiger partial charge < -0.3 is 10.2 Å². The van der Waals surface area contributed by atoms with E-state index in [2.05, 4.69) is 46.3 Å². The summed E-state index contributed by atoms with van der Waals surface area (Å²) >= 11 is 7.65. The zero-order chi connectivity index (χ0) is 15.4. The number of hydrogen-bond acceptors (Lipinski definition) is 3. The highest BCUT2D eigenvalue weighted by Crippen LogP contribution is 2.33. The summed E-state index contributed by atoms with van der Waals surface area (Å²) in [6.45, 7) is 6.61. The van der Waals surface area contributed by atoms with Crippen molar-refractivity contribution in [3.05, 3.63) is 24.3 Å². The maximum absolute atomic E-state index is 5.71. The lowest BCUT2D eigenvalue weighted by molar-refractivity contribution is 0.267. The number of benzene rings is 1. The van der Waals surface area contributed by atoms with Crippen LogP contribution < -0.4 is 10.2 Å². The second-order valence-electron chi connectivity index (χ2n) is 5.93. The van der Waals surface area contributed by atoms with Crippen molar-refractivity contribution in [2.24, 2.45) is 0 Å². The predicted molar refractivity (Wildman–Crippen MR) is 100.0 cm³/mol. The molecule has 0 spiro atoms. The molecule has 2 aliphatic heterocycles. The molecule has 2 aliphatic rings. The molecular formula is C17H25N3S2. The van der Waals surface area contributed by atoms with E-state index in [0.29, 0.717) is 6.04 Å². The van der Waals surface area contributed by atoms with Gasteiger partial charge in [0.15, 0.2) is 5.11 Å². The number of nitrogens with one attached hydrogen (secondary N) is 1. The van der Waals surface area contributed by atoms with Crippen LogP contribution in [0.25, 0.3) is 0 Å². The molecule has 22 heavy (non-hydrogen) atoms. The summed E-state index contributed by atoms with van der Waals surface area (Å²) in [4.78, 5) is 6.19. The molecule has 5 heteroatoms. The molecular weight excluding hydrogens is 310 g/mol. The Labute approximate surface area is 143 Å². The van der Waals surface area contributed by atoms with Crippen molar-refractivity contribution < 1.29 is 0 Å². The second-order valence-corrected chi connectivity index (χ2v) is 7.46. The van der Waals surface area contributed by atoms with Gasteiger partial charge in [-0.15, -0.1) is 11.8 Å². The fourth-order valence-electron chi connectivity index (χ4n) is 3.38. The molecule has 2 heterocycles. The molecule has 1 aromatic rings. The number of thiocarbonyl (C=S) groups is 1. The van der Waals surface area contributed by atoms with E-state index in [1.807, 2.05) is 11.8 Å². The van der Waals surface area contributed by atoms with Crippen LogP contribution in [0.2, 0.25) is 0 Å². The number of rotatable bonds is 3. The number of likely N-dealkylation sites (tertiary alicyclic amines) is 1. The number of thioether (sulfide) groups is 1. The molecule has 0 amide bonds. The van der Waals surface area contributed by atoms with E-state index < -0.39 is 0 Å². The zero-order valence-corrected chi connectivity index (χ0v) is 14.9. The molecule has 1 N–H and O–H groups in total. The third-order valence-electron chi connectivity index (χ3n) is 4.58. The fourth-order valence-corrected chi connectivity index (χ4v) is 4.65. The van der Waals surface area contributed by atoms with Gasteiger partial charge >= 0.3 is 0 Å². The molecule has 0 unspecified atom stereocenters. The predicted octanol–water partition coefficient (Wildman–Crippen LogP) is 3.35. The average molecular weight is 336 g/mol. The quantitative estimate of drug-likeness (QED) is 0.851. The first-order chi connectivity index (χ1) is 10.8. The van der Waals surface area contributed by atoms with Gasteiger partial charge in [0.1, 0.15) is 0 Å². The van der Waals surface area contributed by atoms with Crippen molar-refractivity contribution in [3.63, 3.8) is 0 Å². The van der Waals surface area contributed by atoms with Gasteiger partial charge in [0.05, 0.1) is 5.69 Å². The van der Waals surface area contributed by atoms with Crippen LogP contribution in [0.4, 0.5) is 5.69 Å². The van der Waals surface area contributed by atoms with Crippen LogP contribution in [0, 0.1) is 0 Å². The van der Waals surface area contributed by atoms with Crippen molar-refractivity contribution in [1.82, 2.24) is 10.2 Å². The summed E-state index contributed by atoms with van der Waals surface area (Å²) in [6, 6.07) is 9.26. The fraction of sp³-hybridized carbons (Fsp3) is 0.588. The van der Waals surface area contributed by atoms with Crippen molar-refractivity contribution in [2.45, 2.75) is 37.1 Å². The Morgan fingerprint density at radius 3 is 3.05 bits per heavy atom. The van der Waals surface area contributed by atoms with Gasteiger partial charge in [0, 0.05) is 24.0 Å². The molecule has 0 bridgehead atoms. The van der Waals surface area contributed by atoms with E-state index in [0.717, 1.165) is 24.7 Å². The van der Waals surface area contributed by atoms with Gasteiger partial charge in [-0.1, -0.05) is 19.1 Å². The van der Waals surface area contributed by atoms with Crippen molar-refractivity contribution in [2.75, 3.05) is 36.8 Å². The highest BCUT2D eigenvalue weighted by atomic mass is 32.2. The van der Waals surface area contributed by atoms with Crippen LogP contribution in [0.1, 0.15) is 26.2 Å². The van der Waals surface area contributed by atoms with E-state index >= 15 is 0 Å². The van der Waals surface area contributed by atoms with E-state index in [1.54, 1.807) is 0 Å². The minimum Gasteiger partial charge on any atom is -0.361 e. The van der Waals surface area contributed by atoms with Crippen LogP contribution in [0.3, 0.4) is 0 Å². The molecule has 1 atom stereocenters. The molecule has 0 aliphatic carbocycles.